The van der Waals surface area contributed by atoms with Crippen molar-refractivity contribution in [2.45, 2.75) is 47.0 Å². The number of carbonyl (C=O) groups excluding carboxylic acids is 2. The van der Waals surface area contributed by atoms with Crippen molar-refractivity contribution in [3.63, 3.8) is 0 Å². The van der Waals surface area contributed by atoms with Crippen LogP contribution in [-0.4, -0.2) is 41.4 Å². The molecule has 8 nitrogen and oxygen atoms in total. The van der Waals surface area contributed by atoms with E-state index in [0.29, 0.717) is 19.5 Å². The summed E-state index contributed by atoms with van der Waals surface area (Å²) in [6.45, 7) is 7.33. The molecule has 0 atom stereocenters. The van der Waals surface area contributed by atoms with Crippen LogP contribution in [0.2, 0.25) is 0 Å². The maximum absolute atomic E-state index is 14.7. The summed E-state index contributed by atoms with van der Waals surface area (Å²) in [6, 6.07) is 0. The van der Waals surface area contributed by atoms with Gasteiger partial charge in [-0.15, -0.1) is 0 Å². The van der Waals surface area contributed by atoms with E-state index in [-0.39, 0.29) is 6.61 Å². The van der Waals surface area contributed by atoms with Crippen LogP contribution < -0.4 is 5.43 Å². The van der Waals surface area contributed by atoms with Crippen molar-refractivity contribution in [1.29, 1.82) is 0 Å². The number of benzene rings is 1. The predicted molar refractivity (Wildman–Crippen MR) is 107 cm³/mol. The number of Topliss-reactive ketones (excluding diaryl/α,β-unsaturated/α-hetero) is 1. The van der Waals surface area contributed by atoms with Crippen LogP contribution in [0.25, 0.3) is 0 Å². The molecule has 0 unspecified atom stereocenters. The highest BCUT2D eigenvalue weighted by atomic mass is 19.2. The van der Waals surface area contributed by atoms with Crippen LogP contribution in [-0.2, 0) is 9.53 Å². The molecule has 0 saturated carbocycles. The third kappa shape index (κ3) is 6.27. The molecule has 0 spiro atoms. The number of halogens is 3. The molecule has 0 amide bonds. The molecule has 0 bridgehead atoms. The summed E-state index contributed by atoms with van der Waals surface area (Å²) >= 11 is 0. The van der Waals surface area contributed by atoms with Crippen LogP contribution in [0.15, 0.2) is 11.8 Å². The van der Waals surface area contributed by atoms with Crippen LogP contribution in [0.5, 0.6) is 0 Å². The molecule has 0 aliphatic rings. The molecule has 0 aromatic heterocycles. The number of carbonyl (C=O) groups is 2. The van der Waals surface area contributed by atoms with Crippen LogP contribution in [0.3, 0.4) is 0 Å². The van der Waals surface area contributed by atoms with Crippen molar-refractivity contribution >= 4 is 17.4 Å². The number of rotatable bonds is 12. The number of esters is 1. The number of ketones is 1. The van der Waals surface area contributed by atoms with Gasteiger partial charge in [0.15, 0.2) is 5.82 Å². The predicted octanol–water partition coefficient (Wildman–Crippen LogP) is 3.97. The van der Waals surface area contributed by atoms with Crippen molar-refractivity contribution in [2.75, 3.05) is 19.7 Å². The van der Waals surface area contributed by atoms with E-state index in [0.717, 1.165) is 26.0 Å². The number of nitrogens with one attached hydrogen (secondary N) is 1. The molecule has 1 aromatic carbocycles. The second-order valence-corrected chi connectivity index (χ2v) is 6.69. The van der Waals surface area contributed by atoms with E-state index in [1.807, 2.05) is 13.8 Å². The van der Waals surface area contributed by atoms with Crippen LogP contribution in [0, 0.1) is 34.5 Å². The van der Waals surface area contributed by atoms with Gasteiger partial charge in [-0.2, -0.15) is 4.39 Å². The fourth-order valence-corrected chi connectivity index (χ4v) is 2.71. The third-order valence-corrected chi connectivity index (χ3v) is 4.21. The summed E-state index contributed by atoms with van der Waals surface area (Å²) in [5.41, 5.74) is -2.00. The summed E-state index contributed by atoms with van der Waals surface area (Å²) in [7, 11) is 0. The maximum atomic E-state index is 14.7. The maximum Gasteiger partial charge on any atom is 0.343 e. The number of nitro benzene ring substituents is 1. The van der Waals surface area contributed by atoms with E-state index in [1.165, 1.54) is 0 Å². The molecule has 0 aliphatic carbocycles. The normalized spacial score (nSPS) is 11.5. The third-order valence-electron chi connectivity index (χ3n) is 4.21. The quantitative estimate of drug-likeness (QED) is 0.0759. The van der Waals surface area contributed by atoms with E-state index >= 15 is 0 Å². The molecule has 0 radical (unpaired) electrons. The summed E-state index contributed by atoms with van der Waals surface area (Å²) in [5, 5.41) is 13.0. The molecule has 1 N–H and O–H groups in total. The molecule has 0 heterocycles. The minimum atomic E-state index is -1.99. The van der Waals surface area contributed by atoms with Crippen molar-refractivity contribution in [3.8, 4) is 0 Å². The Morgan fingerprint density at radius 3 is 2.13 bits per heavy atom. The topological polar surface area (TPSA) is 102 Å². The minimum absolute atomic E-state index is 0.0710. The zero-order valence-corrected chi connectivity index (χ0v) is 17.9. The van der Waals surface area contributed by atoms with Crippen molar-refractivity contribution in [3.05, 3.63) is 50.5 Å². The lowest BCUT2D eigenvalue weighted by molar-refractivity contribution is -0.388. The molecule has 31 heavy (non-hydrogen) atoms. The van der Waals surface area contributed by atoms with Crippen molar-refractivity contribution in [2.24, 2.45) is 0 Å². The Morgan fingerprint density at radius 1 is 1.06 bits per heavy atom. The Balaban J connectivity index is 3.59. The van der Waals surface area contributed by atoms with Gasteiger partial charge in [-0.1, -0.05) is 20.8 Å². The summed E-state index contributed by atoms with van der Waals surface area (Å²) in [4.78, 5) is 35.3. The highest BCUT2D eigenvalue weighted by molar-refractivity contribution is 6.25. The SMILES string of the molecule is CCCOC(=O)/C(=C/NN(CCC)CCC)C(=O)c1c(F)c(C)c(F)c(F)c1[N+](=O)[O-]. The zero-order valence-electron chi connectivity index (χ0n) is 17.9. The van der Waals surface area contributed by atoms with E-state index in [1.54, 1.807) is 11.9 Å². The Kier molecular flexibility index (Phi) is 10.1. The first kappa shape index (κ1) is 26.1. The lowest BCUT2D eigenvalue weighted by atomic mass is 9.98. The number of hydrazine groups is 1. The van der Waals surface area contributed by atoms with Gasteiger partial charge in [0.1, 0.15) is 17.0 Å². The highest BCUT2D eigenvalue weighted by Gasteiger charge is 2.37. The van der Waals surface area contributed by atoms with Gasteiger partial charge in [-0.3, -0.25) is 14.9 Å². The second kappa shape index (κ2) is 12.0. The van der Waals surface area contributed by atoms with Gasteiger partial charge >= 0.3 is 11.7 Å². The summed E-state index contributed by atoms with van der Waals surface area (Å²) in [5.74, 6) is -8.06. The molecule has 0 aliphatic heterocycles. The molecular weight excluding hydrogens is 419 g/mol. The first-order valence-electron chi connectivity index (χ1n) is 9.86. The lowest BCUT2D eigenvalue weighted by Gasteiger charge is -2.21. The van der Waals surface area contributed by atoms with E-state index in [9.17, 15) is 32.9 Å². The van der Waals surface area contributed by atoms with Gasteiger partial charge in [-0.05, 0) is 26.2 Å². The van der Waals surface area contributed by atoms with Gasteiger partial charge in [0.2, 0.25) is 11.6 Å². The van der Waals surface area contributed by atoms with Crippen LogP contribution >= 0.6 is 0 Å². The monoisotopic (exact) mass is 445 g/mol. The van der Waals surface area contributed by atoms with Gasteiger partial charge in [0.05, 0.1) is 11.5 Å². The Morgan fingerprint density at radius 2 is 1.65 bits per heavy atom. The molecule has 172 valence electrons. The van der Waals surface area contributed by atoms with E-state index < -0.39 is 56.5 Å². The van der Waals surface area contributed by atoms with Crippen molar-refractivity contribution in [1.82, 2.24) is 10.4 Å². The Hall–Kier alpha value is -2.95. The number of hydrogen-bond donors (Lipinski definition) is 1. The first-order chi connectivity index (χ1) is 14.6. The number of hydrogen-bond acceptors (Lipinski definition) is 7. The average Bonchev–Trinajstić information content (AvgIpc) is 2.72. The van der Waals surface area contributed by atoms with Gasteiger partial charge < -0.3 is 10.2 Å². The lowest BCUT2D eigenvalue weighted by Crippen LogP contribution is -2.37. The standard InChI is InChI=1S/C20H26F3N3O5/c1-5-8-25(9-6-2)24-11-13(20(28)31-10-7-3)19(27)14-15(21)12(4)16(22)17(23)18(14)26(29)30/h11,24H,5-10H2,1-4H3/b13-11+. The highest BCUT2D eigenvalue weighted by Crippen LogP contribution is 2.32. The van der Waals surface area contributed by atoms with Gasteiger partial charge in [0, 0.05) is 24.9 Å². The molecule has 11 heteroatoms. The van der Waals surface area contributed by atoms with Crippen LogP contribution in [0.1, 0.15) is 56.0 Å². The van der Waals surface area contributed by atoms with Gasteiger partial charge in [-0.25, -0.2) is 18.6 Å². The summed E-state index contributed by atoms with van der Waals surface area (Å²) in [6.07, 6.45) is 2.81. The second-order valence-electron chi connectivity index (χ2n) is 6.69. The Bertz CT molecular complexity index is 868. The minimum Gasteiger partial charge on any atom is -0.462 e. The zero-order chi connectivity index (χ0) is 23.7. The summed E-state index contributed by atoms with van der Waals surface area (Å²) < 4.78 is 47.7. The van der Waals surface area contributed by atoms with Gasteiger partial charge in [0.25, 0.3) is 0 Å². The number of ether oxygens (including phenoxy) is 1. The number of nitrogens with zero attached hydrogens (tertiary/aromatic N) is 2. The fraction of sp³-hybridized carbons (Fsp3) is 0.500. The first-order valence-corrected chi connectivity index (χ1v) is 9.86. The molecule has 0 fully saturated rings. The molecule has 0 saturated heterocycles. The Labute approximate surface area is 178 Å². The smallest absolute Gasteiger partial charge is 0.343 e. The van der Waals surface area contributed by atoms with Crippen LogP contribution in [0.4, 0.5) is 18.9 Å². The van der Waals surface area contributed by atoms with Crippen molar-refractivity contribution < 1.29 is 32.4 Å². The van der Waals surface area contributed by atoms with E-state index in [4.69, 9.17) is 4.74 Å². The van der Waals surface area contributed by atoms with E-state index in [2.05, 4.69) is 5.43 Å². The largest absolute Gasteiger partial charge is 0.462 e. The molecule has 1 rings (SSSR count). The molecular formula is C20H26F3N3O5. The fourth-order valence-electron chi connectivity index (χ4n) is 2.71. The number of nitro groups is 1. The molecule has 1 aromatic rings. The average molecular weight is 445 g/mol.